The van der Waals surface area contributed by atoms with E-state index < -0.39 is 0 Å². The fourth-order valence-electron chi connectivity index (χ4n) is 5.24. The summed E-state index contributed by atoms with van der Waals surface area (Å²) in [5, 5.41) is 0.544. The van der Waals surface area contributed by atoms with Gasteiger partial charge in [-0.1, -0.05) is 49.6 Å². The normalized spacial score (nSPS) is 29.4. The largest absolute Gasteiger partial charge is 0.430 e. The second-order valence-corrected chi connectivity index (χ2v) is 8.31. The average molecular weight is 373 g/mol. The van der Waals surface area contributed by atoms with E-state index in [1.165, 1.54) is 0 Å². The molecule has 1 aromatic rings. The lowest BCUT2D eigenvalue weighted by Crippen LogP contribution is -2.25. The number of carbonyl (C=O) groups excluding carboxylic acids is 2. The molecule has 0 saturated heterocycles. The van der Waals surface area contributed by atoms with E-state index in [0.717, 1.165) is 38.5 Å². The summed E-state index contributed by atoms with van der Waals surface area (Å²) in [6.45, 7) is 2.11. The minimum Gasteiger partial charge on any atom is -0.430 e. The lowest BCUT2D eigenvalue weighted by Gasteiger charge is -2.25. The first-order chi connectivity index (χ1) is 12.6. The van der Waals surface area contributed by atoms with Crippen molar-refractivity contribution in [1.29, 1.82) is 0 Å². The van der Waals surface area contributed by atoms with Gasteiger partial charge in [-0.2, -0.15) is 0 Å². The summed E-state index contributed by atoms with van der Waals surface area (Å²) in [5.74, 6) is 1.49. The highest BCUT2D eigenvalue weighted by Crippen LogP contribution is 2.61. The van der Waals surface area contributed by atoms with E-state index in [9.17, 15) is 9.59 Å². The molecule has 0 radical (unpaired) electrons. The molecule has 0 spiro atoms. The van der Waals surface area contributed by atoms with Crippen LogP contribution in [0.5, 0.6) is 0 Å². The Morgan fingerprint density at radius 3 is 2.62 bits per heavy atom. The SMILES string of the molecule is CCCCCC(=O)OC1=C(c2ccccc2Cl)C(=O)C2C3CCC(C3)C12. The van der Waals surface area contributed by atoms with Crippen LogP contribution in [0, 0.1) is 23.7 Å². The van der Waals surface area contributed by atoms with Crippen molar-refractivity contribution < 1.29 is 14.3 Å². The quantitative estimate of drug-likeness (QED) is 0.494. The summed E-state index contributed by atoms with van der Waals surface area (Å²) in [4.78, 5) is 25.7. The topological polar surface area (TPSA) is 43.4 Å². The Morgan fingerprint density at radius 1 is 1.15 bits per heavy atom. The van der Waals surface area contributed by atoms with Gasteiger partial charge in [-0.25, -0.2) is 0 Å². The molecule has 0 aromatic heterocycles. The van der Waals surface area contributed by atoms with Crippen LogP contribution in [-0.4, -0.2) is 11.8 Å². The molecule has 3 nitrogen and oxygen atoms in total. The molecule has 138 valence electrons. The third-order valence-corrected chi connectivity index (χ3v) is 6.70. The third kappa shape index (κ3) is 2.90. The molecule has 0 heterocycles. The highest BCUT2D eigenvalue weighted by atomic mass is 35.5. The number of benzene rings is 1. The summed E-state index contributed by atoms with van der Waals surface area (Å²) in [5.41, 5.74) is 1.27. The summed E-state index contributed by atoms with van der Waals surface area (Å²) in [7, 11) is 0. The molecular weight excluding hydrogens is 348 g/mol. The average Bonchev–Trinajstić information content (AvgIpc) is 3.30. The van der Waals surface area contributed by atoms with Gasteiger partial charge in [0.15, 0.2) is 5.78 Å². The van der Waals surface area contributed by atoms with Crippen molar-refractivity contribution in [3.63, 3.8) is 0 Å². The lowest BCUT2D eigenvalue weighted by atomic mass is 9.80. The summed E-state index contributed by atoms with van der Waals surface area (Å²) in [6, 6.07) is 7.39. The van der Waals surface area contributed by atoms with Gasteiger partial charge in [0, 0.05) is 28.8 Å². The first kappa shape index (κ1) is 17.8. The van der Waals surface area contributed by atoms with Crippen molar-refractivity contribution >= 4 is 28.9 Å². The van der Waals surface area contributed by atoms with Crippen LogP contribution in [-0.2, 0) is 14.3 Å². The third-order valence-electron chi connectivity index (χ3n) is 6.37. The van der Waals surface area contributed by atoms with E-state index in [2.05, 4.69) is 6.92 Å². The number of Topliss-reactive ketones (excluding diaryl/α,β-unsaturated/α-hetero) is 1. The number of allylic oxidation sites excluding steroid dienone is 2. The first-order valence-corrected chi connectivity index (χ1v) is 10.2. The number of hydrogen-bond acceptors (Lipinski definition) is 3. The predicted octanol–water partition coefficient (Wildman–Crippen LogP) is 5.42. The Kier molecular flexibility index (Phi) is 4.92. The van der Waals surface area contributed by atoms with Crippen molar-refractivity contribution in [2.75, 3.05) is 0 Å². The molecule has 26 heavy (non-hydrogen) atoms. The van der Waals surface area contributed by atoms with Crippen LogP contribution in [0.15, 0.2) is 30.0 Å². The van der Waals surface area contributed by atoms with Gasteiger partial charge < -0.3 is 4.74 Å². The molecule has 4 heteroatoms. The first-order valence-electron chi connectivity index (χ1n) is 9.85. The molecule has 2 fully saturated rings. The second kappa shape index (κ2) is 7.19. The van der Waals surface area contributed by atoms with Gasteiger partial charge in [-0.05, 0) is 43.6 Å². The predicted molar refractivity (Wildman–Crippen MR) is 101 cm³/mol. The molecule has 2 saturated carbocycles. The highest BCUT2D eigenvalue weighted by Gasteiger charge is 2.58. The Balaban J connectivity index is 1.69. The van der Waals surface area contributed by atoms with Crippen molar-refractivity contribution in [2.24, 2.45) is 23.7 Å². The number of hydrogen-bond donors (Lipinski definition) is 0. The van der Waals surface area contributed by atoms with E-state index in [0.29, 0.717) is 40.2 Å². The van der Waals surface area contributed by atoms with E-state index in [-0.39, 0.29) is 23.6 Å². The van der Waals surface area contributed by atoms with Gasteiger partial charge in [-0.3, -0.25) is 9.59 Å². The maximum absolute atomic E-state index is 13.3. The van der Waals surface area contributed by atoms with Crippen LogP contribution in [0.2, 0.25) is 5.02 Å². The highest BCUT2D eigenvalue weighted by molar-refractivity contribution is 6.36. The number of carbonyl (C=O) groups is 2. The van der Waals surface area contributed by atoms with Crippen LogP contribution in [0.4, 0.5) is 0 Å². The van der Waals surface area contributed by atoms with Crippen LogP contribution in [0.3, 0.4) is 0 Å². The van der Waals surface area contributed by atoms with Crippen molar-refractivity contribution in [1.82, 2.24) is 0 Å². The van der Waals surface area contributed by atoms with Gasteiger partial charge >= 0.3 is 5.97 Å². The number of fused-ring (bicyclic) bond motifs is 5. The zero-order valence-corrected chi connectivity index (χ0v) is 15.9. The Hall–Kier alpha value is -1.61. The fourth-order valence-corrected chi connectivity index (χ4v) is 5.47. The van der Waals surface area contributed by atoms with Crippen molar-refractivity contribution in [2.45, 2.75) is 51.9 Å². The molecule has 3 aliphatic carbocycles. The van der Waals surface area contributed by atoms with Gasteiger partial charge in [0.05, 0.1) is 5.57 Å². The molecule has 0 N–H and O–H groups in total. The lowest BCUT2D eigenvalue weighted by molar-refractivity contribution is -0.140. The van der Waals surface area contributed by atoms with Crippen molar-refractivity contribution in [3.8, 4) is 0 Å². The maximum Gasteiger partial charge on any atom is 0.310 e. The maximum atomic E-state index is 13.3. The molecule has 3 aliphatic rings. The number of ether oxygens (including phenoxy) is 1. The van der Waals surface area contributed by atoms with Gasteiger partial charge in [-0.15, -0.1) is 0 Å². The van der Waals surface area contributed by atoms with Gasteiger partial charge in [0.1, 0.15) is 5.76 Å². The minimum absolute atomic E-state index is 0.0153. The minimum atomic E-state index is -0.214. The van der Waals surface area contributed by atoms with E-state index >= 15 is 0 Å². The van der Waals surface area contributed by atoms with Crippen LogP contribution in [0.25, 0.3) is 5.57 Å². The number of esters is 1. The second-order valence-electron chi connectivity index (χ2n) is 7.90. The summed E-state index contributed by atoms with van der Waals surface area (Å²) < 4.78 is 5.88. The van der Waals surface area contributed by atoms with E-state index in [1.54, 1.807) is 6.07 Å². The van der Waals surface area contributed by atoms with Crippen LogP contribution >= 0.6 is 11.6 Å². The van der Waals surface area contributed by atoms with Crippen LogP contribution in [0.1, 0.15) is 57.4 Å². The van der Waals surface area contributed by atoms with Crippen molar-refractivity contribution in [3.05, 3.63) is 40.6 Å². The number of ketones is 1. The van der Waals surface area contributed by atoms with Gasteiger partial charge in [0.25, 0.3) is 0 Å². The molecule has 2 bridgehead atoms. The molecule has 1 aromatic carbocycles. The molecule has 0 amide bonds. The smallest absolute Gasteiger partial charge is 0.310 e. The zero-order chi connectivity index (χ0) is 18.3. The van der Waals surface area contributed by atoms with Gasteiger partial charge in [0.2, 0.25) is 0 Å². The van der Waals surface area contributed by atoms with E-state index in [4.69, 9.17) is 16.3 Å². The zero-order valence-electron chi connectivity index (χ0n) is 15.2. The standard InChI is InChI=1S/C22H25ClO3/c1-2-3-4-9-17(24)26-22-19-14-11-10-13(12-14)18(19)21(25)20(22)15-7-5-6-8-16(15)23/h5-8,13-14,18-19H,2-4,9-12H2,1H3. The molecule has 0 aliphatic heterocycles. The fraction of sp³-hybridized carbons (Fsp3) is 0.545. The van der Waals surface area contributed by atoms with E-state index in [1.807, 2.05) is 18.2 Å². The number of halogens is 1. The monoisotopic (exact) mass is 372 g/mol. The molecule has 4 unspecified atom stereocenters. The molecule has 4 rings (SSSR count). The number of unbranched alkanes of at least 4 members (excludes halogenated alkanes) is 2. The Labute approximate surface area is 159 Å². The van der Waals surface area contributed by atoms with Crippen LogP contribution < -0.4 is 0 Å². The Bertz CT molecular complexity index is 766. The summed E-state index contributed by atoms with van der Waals surface area (Å²) in [6.07, 6.45) is 6.66. The molecule has 4 atom stereocenters. The summed E-state index contributed by atoms with van der Waals surface area (Å²) >= 11 is 6.39. The Morgan fingerprint density at radius 2 is 1.88 bits per heavy atom. The number of rotatable bonds is 6. The molecular formula is C22H25ClO3.